The fraction of sp³-hybridized carbons (Fsp3) is 0.288. The fourth-order valence-corrected chi connectivity index (χ4v) is 14.7. The summed E-state index contributed by atoms with van der Waals surface area (Å²) in [5.74, 6) is 1.81. The van der Waals surface area contributed by atoms with E-state index in [1.807, 2.05) is 12.1 Å². The number of carbonyl (C=O) groups excluding carboxylic acids is 1. The van der Waals surface area contributed by atoms with Crippen LogP contribution in [0.25, 0.3) is 22.3 Å². The number of carbonyl (C=O) groups is 1. The molecular formula is C52H41F18O3PS2. The second kappa shape index (κ2) is 19.4. The smallest absolute Gasteiger partial charge is 1.00 e. The molecule has 0 aromatic heterocycles. The number of ether oxygens (including phenoxy) is 2. The Kier molecular flexibility index (Phi) is 15.3. The topological polar surface area (TPSA) is 35.5 Å². The number of fused-ring (bicyclic) bond motifs is 6. The molecule has 2 aliphatic carbocycles. The van der Waals surface area contributed by atoms with E-state index >= 15 is 0 Å². The van der Waals surface area contributed by atoms with Gasteiger partial charge in [0, 0.05) is 27.4 Å². The first-order chi connectivity index (χ1) is 34.3. The van der Waals surface area contributed by atoms with Gasteiger partial charge in [-0.3, -0.25) is 4.79 Å². The van der Waals surface area contributed by atoms with Gasteiger partial charge < -0.3 is 14.2 Å². The number of para-hydroxylation sites is 1. The summed E-state index contributed by atoms with van der Waals surface area (Å²) in [6.07, 6.45) is -24.9. The maximum Gasteiger partial charge on any atom is -1.00 e. The number of Topliss-reactive ketones (excluding diaryl/α,β-unsaturated/α-hetero) is 1. The minimum Gasteiger partial charge on any atom is -1.00 e. The molecular weight excluding hydrogens is 1110 g/mol. The molecule has 0 N–H and O–H groups in total. The third kappa shape index (κ3) is 8.87. The number of benzene rings is 6. The molecule has 0 fully saturated rings. The fourth-order valence-electron chi connectivity index (χ4n) is 9.17. The standard InChI is InChI=1S/C46H41O3S2.C6F17P.FH/c1-28(47)29-16-20-34-35-21-17-30(25-39(35)46(4,5)38(34)24-29)50-43-23-19-32(27-42(43)49-7)51(44-15-11-10-14-41(44)48-6)31-18-22-36-33-12-8-9-13-37(33)45(2,3)40(36)26-31;7-1(8,9)4(16,17)24(22,23,5(18,19)2(10,11)12)6(20,21)3(13,14)15;/h8-27H,1-7H3;;1H/q+1;;/p-1. The van der Waals surface area contributed by atoms with Crippen LogP contribution >= 0.6 is 19.0 Å². The molecule has 6 aromatic carbocycles. The van der Waals surface area contributed by atoms with Crippen LogP contribution in [0.2, 0.25) is 0 Å². The zero-order valence-corrected chi connectivity index (χ0v) is 42.9. The van der Waals surface area contributed by atoms with Crippen molar-refractivity contribution in [3.63, 3.8) is 0 Å². The van der Waals surface area contributed by atoms with E-state index in [9.17, 15) is 79.0 Å². The SMILES string of the molecule is COc1cc([S+](c2ccc3c(c2)C(C)(C)c2ccccc2-3)c2ccccc2OC)ccc1Sc1ccc2c(c1)C(C)(C)c1cc(C(C)=O)ccc1-2.FC(F)(F)C(F)(F)P(F)(F)(C(F)(F)C(F)(F)F)C(F)(F)C(F)(F)F.[F-]. The van der Waals surface area contributed by atoms with Gasteiger partial charge in [0.1, 0.15) is 16.6 Å². The Morgan fingerprint density at radius 3 is 1.45 bits per heavy atom. The van der Waals surface area contributed by atoms with Crippen molar-refractivity contribution in [1.29, 1.82) is 0 Å². The minimum atomic E-state index is -12.7. The molecule has 0 spiro atoms. The van der Waals surface area contributed by atoms with Crippen LogP contribution in [0.3, 0.4) is 0 Å². The molecule has 410 valence electrons. The monoisotopic (exact) mass is 1150 g/mol. The number of rotatable bonds is 11. The van der Waals surface area contributed by atoms with Gasteiger partial charge in [0.25, 0.3) is 0 Å². The molecule has 24 heteroatoms. The van der Waals surface area contributed by atoms with E-state index in [1.165, 1.54) is 54.3 Å². The molecule has 76 heavy (non-hydrogen) atoms. The van der Waals surface area contributed by atoms with Gasteiger partial charge >= 0.3 is 117 Å². The molecule has 0 saturated heterocycles. The number of hydrogen-bond acceptors (Lipinski definition) is 4. The van der Waals surface area contributed by atoms with E-state index in [2.05, 4.69) is 137 Å². The van der Waals surface area contributed by atoms with Crippen molar-refractivity contribution < 1.29 is 93.2 Å². The number of hydrogen-bond donors (Lipinski definition) is 0. The van der Waals surface area contributed by atoms with Gasteiger partial charge in [-0.15, -0.1) is 0 Å². The summed E-state index contributed by atoms with van der Waals surface area (Å²) in [5.41, 5.74) is -16.4. The van der Waals surface area contributed by atoms with Crippen molar-refractivity contribution in [2.45, 2.75) is 105 Å². The van der Waals surface area contributed by atoms with Gasteiger partial charge in [0.2, 0.25) is 4.90 Å². The first-order valence-corrected chi connectivity index (χ1v) is 26.0. The molecule has 2 aliphatic rings. The molecule has 0 aliphatic heterocycles. The first kappa shape index (κ1) is 59.7. The number of ketones is 1. The summed E-state index contributed by atoms with van der Waals surface area (Å²) >= 11 is 1.72. The van der Waals surface area contributed by atoms with E-state index in [0.717, 1.165) is 31.7 Å². The van der Waals surface area contributed by atoms with Crippen LogP contribution in [0.4, 0.5) is 74.3 Å². The normalized spacial score (nSPS) is 15.8. The summed E-state index contributed by atoms with van der Waals surface area (Å²) in [6.45, 7) is 10.8. The van der Waals surface area contributed by atoms with Crippen LogP contribution in [0.5, 0.6) is 11.5 Å². The zero-order valence-electron chi connectivity index (χ0n) is 40.3. The summed E-state index contributed by atoms with van der Waals surface area (Å²) < 4.78 is 221. The molecule has 0 radical (unpaired) electrons. The molecule has 3 nitrogen and oxygen atoms in total. The van der Waals surface area contributed by atoms with Crippen molar-refractivity contribution in [2.75, 3.05) is 14.2 Å². The number of alkyl halides is 15. The van der Waals surface area contributed by atoms with Crippen molar-refractivity contribution in [3.05, 3.63) is 149 Å². The molecule has 0 bridgehead atoms. The van der Waals surface area contributed by atoms with Crippen LogP contribution in [0.1, 0.15) is 67.2 Å². The van der Waals surface area contributed by atoms with E-state index in [0.29, 0.717) is 0 Å². The van der Waals surface area contributed by atoms with Gasteiger partial charge in [-0.05, 0) is 112 Å². The summed E-state index contributed by atoms with van der Waals surface area (Å²) in [4.78, 5) is 18.0. The first-order valence-electron chi connectivity index (χ1n) is 21.9. The predicted octanol–water partition coefficient (Wildman–Crippen LogP) is 15.5. The number of methoxy groups -OCH3 is 2. The Labute approximate surface area is 430 Å². The van der Waals surface area contributed by atoms with Crippen LogP contribution in [0, 0.1) is 0 Å². The third-order valence-corrected chi connectivity index (χ3v) is 20.2. The van der Waals surface area contributed by atoms with E-state index in [1.54, 1.807) is 32.9 Å². The van der Waals surface area contributed by atoms with Crippen LogP contribution in [0.15, 0.2) is 146 Å². The Balaban J connectivity index is 0.000000320. The summed E-state index contributed by atoms with van der Waals surface area (Å²) in [6, 6.07) is 43.7. The molecule has 0 amide bonds. The van der Waals surface area contributed by atoms with Gasteiger partial charge in [-0.25, -0.2) is 0 Å². The van der Waals surface area contributed by atoms with E-state index in [4.69, 9.17) is 9.47 Å². The Hall–Kier alpha value is -5.54. The molecule has 1 atom stereocenters. The van der Waals surface area contributed by atoms with Crippen LogP contribution in [-0.4, -0.2) is 55.5 Å². The quantitative estimate of drug-likeness (QED) is 0.0561. The Morgan fingerprint density at radius 1 is 0.500 bits per heavy atom. The molecule has 6 aromatic rings. The van der Waals surface area contributed by atoms with Crippen LogP contribution < -0.4 is 14.2 Å². The summed E-state index contributed by atoms with van der Waals surface area (Å²) in [7, 11) is -9.68. The maximum absolute atomic E-state index is 13.4. The van der Waals surface area contributed by atoms with E-state index in [-0.39, 0.29) is 21.3 Å². The van der Waals surface area contributed by atoms with Gasteiger partial charge in [0.15, 0.2) is 21.3 Å². The zero-order chi connectivity index (χ0) is 56.1. The predicted molar refractivity (Wildman–Crippen MR) is 252 cm³/mol. The van der Waals surface area contributed by atoms with Crippen molar-refractivity contribution in [1.82, 2.24) is 0 Å². The Bertz CT molecular complexity index is 3150. The minimum absolute atomic E-state index is 0. The van der Waals surface area contributed by atoms with Crippen molar-refractivity contribution in [2.24, 2.45) is 0 Å². The second-order valence-corrected chi connectivity index (χ2v) is 25.0. The van der Waals surface area contributed by atoms with Gasteiger partial charge in [0.05, 0.1) is 19.1 Å². The molecule has 8 rings (SSSR count). The largest absolute Gasteiger partial charge is 1.00 e. The average Bonchev–Trinajstić information content (AvgIpc) is 3.69. The second-order valence-electron chi connectivity index (χ2n) is 18.4. The summed E-state index contributed by atoms with van der Waals surface area (Å²) in [5, 5.41) is 0. The maximum atomic E-state index is 13.4. The van der Waals surface area contributed by atoms with Crippen molar-refractivity contribution >= 4 is 35.7 Å². The van der Waals surface area contributed by atoms with E-state index < -0.39 is 53.6 Å². The molecule has 0 saturated carbocycles. The molecule has 1 unspecified atom stereocenters. The van der Waals surface area contributed by atoms with Crippen LogP contribution in [-0.2, 0) is 21.7 Å². The third-order valence-electron chi connectivity index (χ3n) is 13.2. The van der Waals surface area contributed by atoms with Gasteiger partial charge in [-0.1, -0.05) is 94.1 Å². The average molecular weight is 1150 g/mol. The Morgan fingerprint density at radius 2 is 0.921 bits per heavy atom. The number of halogens is 18. The molecule has 0 heterocycles. The van der Waals surface area contributed by atoms with Gasteiger partial charge in [-0.2, -0.15) is 0 Å². The van der Waals surface area contributed by atoms with Crippen molar-refractivity contribution in [3.8, 4) is 33.8 Å².